The van der Waals surface area contributed by atoms with Crippen molar-refractivity contribution in [2.75, 3.05) is 0 Å². The van der Waals surface area contributed by atoms with Gasteiger partial charge in [0.15, 0.2) is 0 Å². The first-order valence-corrected chi connectivity index (χ1v) is 12.9. The molecule has 1 heteroatoms. The van der Waals surface area contributed by atoms with E-state index in [1.54, 1.807) is 0 Å². The number of fused-ring (bicyclic) bond motifs is 1. The van der Waals surface area contributed by atoms with Crippen molar-refractivity contribution in [2.24, 2.45) is 11.8 Å². The van der Waals surface area contributed by atoms with Crippen LogP contribution in [0.2, 0.25) is 0 Å². The van der Waals surface area contributed by atoms with Crippen molar-refractivity contribution in [3.63, 3.8) is 0 Å². The SMILES string of the molecule is CCCCCc1ccc(C#Cc2ccc3cc(CCC4CCC(C)CC4)ccc3c2F)cc1. The number of unbranched alkanes of at least 4 members (excludes halogenated alkanes) is 2. The van der Waals surface area contributed by atoms with Gasteiger partial charge in [-0.25, -0.2) is 4.39 Å². The van der Waals surface area contributed by atoms with Crippen LogP contribution in [-0.2, 0) is 12.8 Å². The summed E-state index contributed by atoms with van der Waals surface area (Å²) in [6.07, 6.45) is 12.7. The van der Waals surface area contributed by atoms with Crippen LogP contribution in [0.25, 0.3) is 10.8 Å². The minimum absolute atomic E-state index is 0.205. The van der Waals surface area contributed by atoms with Gasteiger partial charge in [0.1, 0.15) is 5.82 Å². The molecule has 0 N–H and O–H groups in total. The van der Waals surface area contributed by atoms with Gasteiger partial charge in [-0.15, -0.1) is 0 Å². The second kappa shape index (κ2) is 11.5. The number of hydrogen-bond acceptors (Lipinski definition) is 0. The van der Waals surface area contributed by atoms with Crippen molar-refractivity contribution in [3.05, 3.63) is 82.7 Å². The number of rotatable bonds is 7. The molecule has 0 nitrogen and oxygen atoms in total. The Kier molecular flexibility index (Phi) is 8.22. The van der Waals surface area contributed by atoms with Gasteiger partial charge in [0, 0.05) is 10.9 Å². The van der Waals surface area contributed by atoms with Gasteiger partial charge in [-0.3, -0.25) is 0 Å². The average molecular weight is 441 g/mol. The van der Waals surface area contributed by atoms with Crippen LogP contribution < -0.4 is 0 Å². The van der Waals surface area contributed by atoms with E-state index in [1.807, 2.05) is 30.3 Å². The normalized spacial score (nSPS) is 18.2. The summed E-state index contributed by atoms with van der Waals surface area (Å²) in [5.74, 6) is 7.75. The Morgan fingerprint density at radius 3 is 2.33 bits per heavy atom. The van der Waals surface area contributed by atoms with Crippen molar-refractivity contribution in [1.82, 2.24) is 0 Å². The van der Waals surface area contributed by atoms with Gasteiger partial charge >= 0.3 is 0 Å². The molecule has 33 heavy (non-hydrogen) atoms. The summed E-state index contributed by atoms with van der Waals surface area (Å²) >= 11 is 0. The highest BCUT2D eigenvalue weighted by Crippen LogP contribution is 2.31. The van der Waals surface area contributed by atoms with Crippen molar-refractivity contribution >= 4 is 10.8 Å². The van der Waals surface area contributed by atoms with E-state index in [0.29, 0.717) is 10.9 Å². The average Bonchev–Trinajstić information content (AvgIpc) is 2.84. The van der Waals surface area contributed by atoms with Gasteiger partial charge in [0.2, 0.25) is 0 Å². The van der Waals surface area contributed by atoms with Crippen LogP contribution in [0, 0.1) is 29.5 Å². The summed E-state index contributed by atoms with van der Waals surface area (Å²) in [4.78, 5) is 0. The summed E-state index contributed by atoms with van der Waals surface area (Å²) in [5.41, 5.74) is 4.07. The fourth-order valence-electron chi connectivity index (χ4n) is 5.06. The summed E-state index contributed by atoms with van der Waals surface area (Å²) in [6.45, 7) is 4.60. The fourth-order valence-corrected chi connectivity index (χ4v) is 5.06. The van der Waals surface area contributed by atoms with Gasteiger partial charge in [-0.2, -0.15) is 0 Å². The minimum Gasteiger partial charge on any atom is -0.205 e. The van der Waals surface area contributed by atoms with E-state index in [9.17, 15) is 0 Å². The standard InChI is InChI=1S/C32H37F/c1-3-4-5-6-25-11-13-27(14-12-25)17-19-29-20-21-30-23-28(18-22-31(30)32(29)33)16-15-26-9-7-24(2)8-10-26/h11-14,18,20-24,26H,3-10,15-16H2,1-2H3. The molecule has 1 aliphatic carbocycles. The maximum absolute atomic E-state index is 15.2. The third-order valence-electron chi connectivity index (χ3n) is 7.36. The molecule has 0 radical (unpaired) electrons. The Balaban J connectivity index is 1.41. The number of aryl methyl sites for hydroxylation is 2. The molecule has 0 saturated heterocycles. The zero-order valence-corrected chi connectivity index (χ0v) is 20.3. The lowest BCUT2D eigenvalue weighted by atomic mass is 9.80. The summed E-state index contributed by atoms with van der Waals surface area (Å²) in [6, 6.07) is 18.4. The van der Waals surface area contributed by atoms with Crippen LogP contribution in [-0.4, -0.2) is 0 Å². The molecule has 3 aromatic carbocycles. The Morgan fingerprint density at radius 2 is 1.58 bits per heavy atom. The Morgan fingerprint density at radius 1 is 0.818 bits per heavy atom. The first-order chi connectivity index (χ1) is 16.1. The van der Waals surface area contributed by atoms with Crippen molar-refractivity contribution in [1.29, 1.82) is 0 Å². The molecule has 0 unspecified atom stereocenters. The van der Waals surface area contributed by atoms with E-state index in [0.717, 1.165) is 35.6 Å². The van der Waals surface area contributed by atoms with Gasteiger partial charge in [0.25, 0.3) is 0 Å². The second-order valence-corrected chi connectivity index (χ2v) is 10.1. The highest BCUT2D eigenvalue weighted by Gasteiger charge is 2.18. The van der Waals surface area contributed by atoms with E-state index in [4.69, 9.17) is 0 Å². The van der Waals surface area contributed by atoms with Crippen LogP contribution >= 0.6 is 0 Å². The van der Waals surface area contributed by atoms with E-state index < -0.39 is 0 Å². The molecule has 0 spiro atoms. The zero-order valence-electron chi connectivity index (χ0n) is 20.3. The molecule has 0 aliphatic heterocycles. The zero-order chi connectivity index (χ0) is 23.0. The lowest BCUT2D eigenvalue weighted by molar-refractivity contribution is 0.278. The Hall–Kier alpha value is -2.59. The summed E-state index contributed by atoms with van der Waals surface area (Å²) < 4.78 is 15.2. The largest absolute Gasteiger partial charge is 0.205 e. The van der Waals surface area contributed by atoms with E-state index >= 15 is 4.39 Å². The van der Waals surface area contributed by atoms with E-state index in [2.05, 4.69) is 50.0 Å². The van der Waals surface area contributed by atoms with Crippen LogP contribution in [0.15, 0.2) is 54.6 Å². The minimum atomic E-state index is -0.205. The van der Waals surface area contributed by atoms with Crippen molar-refractivity contribution < 1.29 is 4.39 Å². The van der Waals surface area contributed by atoms with Crippen LogP contribution in [0.4, 0.5) is 4.39 Å². The third-order valence-corrected chi connectivity index (χ3v) is 7.36. The highest BCUT2D eigenvalue weighted by molar-refractivity contribution is 5.85. The number of benzene rings is 3. The van der Waals surface area contributed by atoms with Crippen molar-refractivity contribution in [3.8, 4) is 11.8 Å². The van der Waals surface area contributed by atoms with Crippen LogP contribution in [0.5, 0.6) is 0 Å². The Labute approximate surface area is 199 Å². The van der Waals surface area contributed by atoms with E-state index in [1.165, 1.54) is 62.5 Å². The lowest BCUT2D eigenvalue weighted by Gasteiger charge is -2.26. The molecule has 0 heterocycles. The van der Waals surface area contributed by atoms with E-state index in [-0.39, 0.29) is 5.82 Å². The smallest absolute Gasteiger partial charge is 0.146 e. The molecule has 4 rings (SSSR count). The molecular formula is C32H37F. The molecule has 3 aromatic rings. The molecular weight excluding hydrogens is 403 g/mol. The topological polar surface area (TPSA) is 0 Å². The maximum atomic E-state index is 15.2. The van der Waals surface area contributed by atoms with Crippen molar-refractivity contribution in [2.45, 2.75) is 78.1 Å². The van der Waals surface area contributed by atoms with Gasteiger partial charge in [0.05, 0.1) is 5.56 Å². The third kappa shape index (κ3) is 6.48. The van der Waals surface area contributed by atoms with Crippen LogP contribution in [0.3, 0.4) is 0 Å². The molecule has 0 bridgehead atoms. The Bertz CT molecular complexity index is 1100. The number of halogens is 1. The van der Waals surface area contributed by atoms with Gasteiger partial charge in [-0.1, -0.05) is 101 Å². The maximum Gasteiger partial charge on any atom is 0.146 e. The molecule has 0 atom stereocenters. The first-order valence-electron chi connectivity index (χ1n) is 12.9. The molecule has 0 aromatic heterocycles. The first kappa shape index (κ1) is 23.6. The predicted octanol–water partition coefficient (Wildman–Crippen LogP) is 8.87. The molecule has 0 amide bonds. The quantitative estimate of drug-likeness (QED) is 0.254. The highest BCUT2D eigenvalue weighted by atomic mass is 19.1. The summed E-state index contributed by atoms with van der Waals surface area (Å²) in [7, 11) is 0. The summed E-state index contributed by atoms with van der Waals surface area (Å²) in [5, 5.41) is 1.65. The molecule has 172 valence electrons. The molecule has 1 saturated carbocycles. The molecule has 1 fully saturated rings. The molecule has 1 aliphatic rings. The lowest BCUT2D eigenvalue weighted by Crippen LogP contribution is -2.12. The number of hydrogen-bond donors (Lipinski definition) is 0. The fraction of sp³-hybridized carbons (Fsp3) is 0.438. The van der Waals surface area contributed by atoms with Gasteiger partial charge in [-0.05, 0) is 72.2 Å². The monoisotopic (exact) mass is 440 g/mol. The predicted molar refractivity (Wildman–Crippen MR) is 139 cm³/mol. The second-order valence-electron chi connectivity index (χ2n) is 10.1. The van der Waals surface area contributed by atoms with Gasteiger partial charge < -0.3 is 0 Å². The van der Waals surface area contributed by atoms with Crippen LogP contribution in [0.1, 0.15) is 87.5 Å².